The Kier molecular flexibility index (Phi) is 6.56. The zero-order chi connectivity index (χ0) is 11.7. The summed E-state index contributed by atoms with van der Waals surface area (Å²) in [5, 5.41) is 8.63. The fraction of sp³-hybridized carbons (Fsp3) is 0.364. The maximum atomic E-state index is 11.2. The van der Waals surface area contributed by atoms with Gasteiger partial charge in [-0.15, -0.1) is 0 Å². The number of nitrogens with zero attached hydrogens (tertiary/aromatic N) is 1. The zero-order valence-corrected chi connectivity index (χ0v) is 8.66. The summed E-state index contributed by atoms with van der Waals surface area (Å²) in [5.41, 5.74) is -0.140. The quantitative estimate of drug-likeness (QED) is 0.227. The van der Waals surface area contributed by atoms with Gasteiger partial charge in [0.15, 0.2) is 0 Å². The summed E-state index contributed by atoms with van der Waals surface area (Å²) >= 11 is 0. The highest BCUT2D eigenvalue weighted by Gasteiger charge is 2.12. The number of carbonyl (C=O) groups excluding carboxylic acids is 2. The third-order valence-corrected chi connectivity index (χ3v) is 1.61. The number of ether oxygens (including phenoxy) is 1. The van der Waals surface area contributed by atoms with E-state index in [0.717, 1.165) is 18.9 Å². The molecule has 0 amide bonds. The highest BCUT2D eigenvalue weighted by molar-refractivity contribution is 6.01. The Labute approximate surface area is 88.8 Å². The van der Waals surface area contributed by atoms with Crippen LogP contribution in [0.3, 0.4) is 0 Å². The molecule has 0 aromatic carbocycles. The Hall–Kier alpha value is -1.89. The molecule has 0 atom stereocenters. The van der Waals surface area contributed by atoms with E-state index in [2.05, 4.69) is 11.3 Å². The first-order chi connectivity index (χ1) is 7.15. The largest absolute Gasteiger partial charge is 0.386 e. The molecule has 0 aromatic rings. The van der Waals surface area contributed by atoms with Crippen LogP contribution in [0.1, 0.15) is 26.2 Å². The minimum atomic E-state index is -0.918. The highest BCUT2D eigenvalue weighted by atomic mass is 16.6. The molecule has 0 aromatic heterocycles. The molecule has 0 radical (unpaired) electrons. The van der Waals surface area contributed by atoms with Gasteiger partial charge in [-0.2, -0.15) is 5.26 Å². The van der Waals surface area contributed by atoms with Crippen LogP contribution in [-0.2, 0) is 14.3 Å². The van der Waals surface area contributed by atoms with E-state index in [1.54, 1.807) is 6.07 Å². The van der Waals surface area contributed by atoms with E-state index in [1.165, 1.54) is 6.08 Å². The van der Waals surface area contributed by atoms with Crippen LogP contribution < -0.4 is 0 Å². The van der Waals surface area contributed by atoms with E-state index in [4.69, 9.17) is 5.26 Å². The molecule has 0 heterocycles. The maximum absolute atomic E-state index is 11.2. The molecule has 0 aliphatic rings. The lowest BCUT2D eigenvalue weighted by Crippen LogP contribution is -2.11. The molecule has 4 heteroatoms. The van der Waals surface area contributed by atoms with Crippen molar-refractivity contribution in [1.82, 2.24) is 0 Å². The van der Waals surface area contributed by atoms with Gasteiger partial charge in [-0.1, -0.05) is 32.4 Å². The maximum Gasteiger partial charge on any atom is 0.356 e. The van der Waals surface area contributed by atoms with Crippen LogP contribution in [-0.4, -0.2) is 11.9 Å². The third-order valence-electron chi connectivity index (χ3n) is 1.61. The van der Waals surface area contributed by atoms with Crippen LogP contribution in [0.4, 0.5) is 0 Å². The van der Waals surface area contributed by atoms with Gasteiger partial charge in [-0.05, 0) is 6.42 Å². The lowest BCUT2D eigenvalue weighted by atomic mass is 10.2. The van der Waals surface area contributed by atoms with Crippen LogP contribution in [0.5, 0.6) is 0 Å². The van der Waals surface area contributed by atoms with Gasteiger partial charge in [0, 0.05) is 6.08 Å². The molecule has 80 valence electrons. The second kappa shape index (κ2) is 7.51. The first-order valence-corrected chi connectivity index (χ1v) is 4.64. The summed E-state index contributed by atoms with van der Waals surface area (Å²) in [5.74, 6) is -1.77. The lowest BCUT2D eigenvalue weighted by molar-refractivity contribution is -0.152. The van der Waals surface area contributed by atoms with Gasteiger partial charge >= 0.3 is 11.9 Å². The van der Waals surface area contributed by atoms with Crippen LogP contribution in [0.15, 0.2) is 24.3 Å². The summed E-state index contributed by atoms with van der Waals surface area (Å²) in [7, 11) is 0. The molecule has 4 nitrogen and oxygen atoms in total. The lowest BCUT2D eigenvalue weighted by Gasteiger charge is -1.97. The molecule has 0 spiro atoms. The minimum absolute atomic E-state index is 0.140. The monoisotopic (exact) mass is 207 g/mol. The number of nitriles is 1. The van der Waals surface area contributed by atoms with Gasteiger partial charge in [0.1, 0.15) is 11.6 Å². The summed E-state index contributed by atoms with van der Waals surface area (Å²) in [6, 6.07) is 1.69. The molecular formula is C11H13NO3. The van der Waals surface area contributed by atoms with Crippen LogP contribution in [0.2, 0.25) is 0 Å². The summed E-state index contributed by atoms with van der Waals surface area (Å²) in [6.45, 7) is 5.14. The number of allylic oxidation sites excluding steroid dienone is 1. The molecule has 15 heavy (non-hydrogen) atoms. The van der Waals surface area contributed by atoms with E-state index in [0.29, 0.717) is 6.42 Å². The predicted octanol–water partition coefficient (Wildman–Crippen LogP) is 1.88. The molecule has 0 aliphatic carbocycles. The molecule has 0 fully saturated rings. The second-order valence-electron chi connectivity index (χ2n) is 2.78. The first kappa shape index (κ1) is 13.1. The van der Waals surface area contributed by atoms with Crippen LogP contribution >= 0.6 is 0 Å². The Morgan fingerprint density at radius 2 is 2.20 bits per heavy atom. The number of hydrogen-bond donors (Lipinski definition) is 0. The van der Waals surface area contributed by atoms with E-state index >= 15 is 0 Å². The van der Waals surface area contributed by atoms with Crippen LogP contribution in [0, 0.1) is 11.3 Å². The van der Waals surface area contributed by atoms with Gasteiger partial charge in [0.2, 0.25) is 0 Å². The topological polar surface area (TPSA) is 67.2 Å². The summed E-state index contributed by atoms with van der Waals surface area (Å²) in [6.07, 6.45) is 4.82. The van der Waals surface area contributed by atoms with E-state index in [1.807, 2.05) is 6.92 Å². The van der Waals surface area contributed by atoms with Crippen molar-refractivity contribution in [3.05, 3.63) is 24.3 Å². The van der Waals surface area contributed by atoms with Gasteiger partial charge in [-0.25, -0.2) is 9.59 Å². The molecule has 0 rings (SSSR count). The van der Waals surface area contributed by atoms with Gasteiger partial charge in [0.05, 0.1) is 0 Å². The van der Waals surface area contributed by atoms with Crippen molar-refractivity contribution in [3.8, 4) is 6.07 Å². The van der Waals surface area contributed by atoms with Gasteiger partial charge in [-0.3, -0.25) is 0 Å². The van der Waals surface area contributed by atoms with Crippen molar-refractivity contribution >= 4 is 11.9 Å². The number of hydrogen-bond acceptors (Lipinski definition) is 4. The summed E-state index contributed by atoms with van der Waals surface area (Å²) < 4.78 is 4.30. The van der Waals surface area contributed by atoms with E-state index < -0.39 is 11.9 Å². The third kappa shape index (κ3) is 5.42. The Morgan fingerprint density at radius 1 is 1.53 bits per heavy atom. The Morgan fingerprint density at radius 3 is 2.67 bits per heavy atom. The van der Waals surface area contributed by atoms with E-state index in [9.17, 15) is 9.59 Å². The molecule has 0 aliphatic heterocycles. The second-order valence-corrected chi connectivity index (χ2v) is 2.78. The highest BCUT2D eigenvalue weighted by Crippen LogP contribution is 2.03. The molecule has 0 saturated heterocycles. The molecule has 0 unspecified atom stereocenters. The molecular weight excluding hydrogens is 194 g/mol. The van der Waals surface area contributed by atoms with Crippen molar-refractivity contribution in [2.75, 3.05) is 0 Å². The fourth-order valence-corrected chi connectivity index (χ4v) is 0.813. The van der Waals surface area contributed by atoms with Crippen molar-refractivity contribution in [2.24, 2.45) is 0 Å². The number of unbranched alkanes of at least 4 members (excludes halogenated alkanes) is 2. The number of rotatable bonds is 5. The van der Waals surface area contributed by atoms with E-state index in [-0.39, 0.29) is 5.57 Å². The Balaban J connectivity index is 4.35. The SMILES string of the molecule is C=CC(=O)OC(=O)C(C#N)=CCCCC. The first-order valence-electron chi connectivity index (χ1n) is 4.64. The number of esters is 2. The fourth-order valence-electron chi connectivity index (χ4n) is 0.813. The van der Waals surface area contributed by atoms with Gasteiger partial charge < -0.3 is 4.74 Å². The standard InChI is InChI=1S/C11H13NO3/c1-3-5-6-7-9(8-12)11(14)15-10(13)4-2/h4,7H,2-3,5-6H2,1H3. The number of carbonyl (C=O) groups is 2. The zero-order valence-electron chi connectivity index (χ0n) is 8.66. The average Bonchev–Trinajstić information content (AvgIpc) is 2.24. The predicted molar refractivity (Wildman–Crippen MR) is 54.5 cm³/mol. The van der Waals surface area contributed by atoms with Crippen molar-refractivity contribution in [1.29, 1.82) is 5.26 Å². The average molecular weight is 207 g/mol. The summed E-state index contributed by atoms with van der Waals surface area (Å²) in [4.78, 5) is 21.8. The van der Waals surface area contributed by atoms with Crippen molar-refractivity contribution in [3.63, 3.8) is 0 Å². The Bertz CT molecular complexity index is 323. The van der Waals surface area contributed by atoms with Crippen LogP contribution in [0.25, 0.3) is 0 Å². The minimum Gasteiger partial charge on any atom is -0.386 e. The molecule has 0 N–H and O–H groups in total. The van der Waals surface area contributed by atoms with Crippen molar-refractivity contribution in [2.45, 2.75) is 26.2 Å². The molecule has 0 bridgehead atoms. The smallest absolute Gasteiger partial charge is 0.356 e. The normalized spacial score (nSPS) is 10.3. The molecule has 0 saturated carbocycles. The van der Waals surface area contributed by atoms with Crippen molar-refractivity contribution < 1.29 is 14.3 Å². The van der Waals surface area contributed by atoms with Gasteiger partial charge in [0.25, 0.3) is 0 Å².